The summed E-state index contributed by atoms with van der Waals surface area (Å²) < 4.78 is 5.52. The first-order valence-corrected chi connectivity index (χ1v) is 7.65. The number of nitrogens with zero attached hydrogens (tertiary/aromatic N) is 3. The fourth-order valence-electron chi connectivity index (χ4n) is 3.00. The number of aromatic amines is 1. The van der Waals surface area contributed by atoms with E-state index in [1.54, 1.807) is 0 Å². The van der Waals surface area contributed by atoms with Gasteiger partial charge in [0.1, 0.15) is 5.82 Å². The number of rotatable bonds is 3. The van der Waals surface area contributed by atoms with Crippen LogP contribution in [0.4, 0.5) is 5.95 Å². The van der Waals surface area contributed by atoms with Crippen LogP contribution in [0, 0.1) is 5.41 Å². The highest BCUT2D eigenvalue weighted by atomic mass is 16.5. The highest BCUT2D eigenvalue weighted by Gasteiger charge is 2.30. The van der Waals surface area contributed by atoms with Gasteiger partial charge < -0.3 is 15.4 Å². The van der Waals surface area contributed by atoms with Crippen molar-refractivity contribution in [1.29, 1.82) is 0 Å². The number of hydrogen-bond acceptors (Lipinski definition) is 5. The van der Waals surface area contributed by atoms with Crippen LogP contribution in [0.5, 0.6) is 0 Å². The average Bonchev–Trinajstić information content (AvgIpc) is 2.99. The van der Waals surface area contributed by atoms with Crippen molar-refractivity contribution in [2.24, 2.45) is 11.1 Å². The summed E-state index contributed by atoms with van der Waals surface area (Å²) in [7, 11) is 0. The number of piperidine rings is 1. The first kappa shape index (κ1) is 13.8. The first-order chi connectivity index (χ1) is 9.70. The normalized spacial score (nSPS) is 26.7. The van der Waals surface area contributed by atoms with Crippen LogP contribution in [0.15, 0.2) is 0 Å². The molecule has 0 spiro atoms. The Bertz CT molecular complexity index is 433. The van der Waals surface area contributed by atoms with Crippen LogP contribution >= 0.6 is 0 Å². The lowest BCUT2D eigenvalue weighted by molar-refractivity contribution is 0.0781. The van der Waals surface area contributed by atoms with Crippen LogP contribution in [0.25, 0.3) is 0 Å². The van der Waals surface area contributed by atoms with E-state index in [0.29, 0.717) is 5.92 Å². The van der Waals surface area contributed by atoms with E-state index in [-0.39, 0.29) is 5.41 Å². The molecule has 3 rings (SSSR count). The Morgan fingerprint density at radius 2 is 2.25 bits per heavy atom. The molecule has 20 heavy (non-hydrogen) atoms. The maximum absolute atomic E-state index is 5.85. The SMILES string of the molecule is CC1(CN)CCN(c2n[nH]c(C3CCCOC3)n2)CC1. The largest absolute Gasteiger partial charge is 0.381 e. The topological polar surface area (TPSA) is 80.1 Å². The molecule has 1 atom stereocenters. The molecule has 2 aliphatic rings. The number of nitrogens with two attached hydrogens (primary N) is 1. The van der Waals surface area contributed by atoms with Gasteiger partial charge in [0.2, 0.25) is 5.95 Å². The zero-order chi connectivity index (χ0) is 14.0. The molecule has 6 heteroatoms. The molecule has 112 valence electrons. The van der Waals surface area contributed by atoms with Crippen molar-refractivity contribution in [3.63, 3.8) is 0 Å². The van der Waals surface area contributed by atoms with E-state index >= 15 is 0 Å². The first-order valence-electron chi connectivity index (χ1n) is 7.65. The highest BCUT2D eigenvalue weighted by molar-refractivity contribution is 5.30. The lowest BCUT2D eigenvalue weighted by atomic mass is 9.81. The molecule has 0 aliphatic carbocycles. The van der Waals surface area contributed by atoms with Gasteiger partial charge in [-0.25, -0.2) is 0 Å². The second kappa shape index (κ2) is 5.69. The summed E-state index contributed by atoms with van der Waals surface area (Å²) in [5.74, 6) is 2.20. The summed E-state index contributed by atoms with van der Waals surface area (Å²) in [5, 5.41) is 7.49. The standard InChI is InChI=1S/C14H25N5O/c1-14(10-15)4-6-19(7-5-14)13-16-12(17-18-13)11-3-2-8-20-9-11/h11H,2-10,15H2,1H3,(H,16,17,18). The van der Waals surface area contributed by atoms with Crippen molar-refractivity contribution in [1.82, 2.24) is 15.2 Å². The van der Waals surface area contributed by atoms with E-state index in [1.165, 1.54) is 0 Å². The molecule has 0 bridgehead atoms. The third-order valence-corrected chi connectivity index (χ3v) is 4.78. The summed E-state index contributed by atoms with van der Waals surface area (Å²) >= 11 is 0. The van der Waals surface area contributed by atoms with Crippen molar-refractivity contribution < 1.29 is 4.74 Å². The molecule has 0 radical (unpaired) electrons. The van der Waals surface area contributed by atoms with Gasteiger partial charge in [0.15, 0.2) is 0 Å². The molecule has 2 saturated heterocycles. The molecule has 3 N–H and O–H groups in total. The monoisotopic (exact) mass is 279 g/mol. The molecule has 1 aromatic rings. The van der Waals surface area contributed by atoms with Crippen LogP contribution < -0.4 is 10.6 Å². The second-order valence-corrected chi connectivity index (χ2v) is 6.44. The van der Waals surface area contributed by atoms with Crippen LogP contribution in [0.3, 0.4) is 0 Å². The summed E-state index contributed by atoms with van der Waals surface area (Å²) in [6, 6.07) is 0. The van der Waals surface area contributed by atoms with E-state index in [0.717, 1.165) is 70.3 Å². The van der Waals surface area contributed by atoms with Crippen LogP contribution in [0.2, 0.25) is 0 Å². The minimum absolute atomic E-state index is 0.285. The Labute approximate surface area is 120 Å². The Balaban J connectivity index is 1.62. The van der Waals surface area contributed by atoms with Crippen molar-refractivity contribution in [2.75, 3.05) is 37.7 Å². The van der Waals surface area contributed by atoms with E-state index < -0.39 is 0 Å². The second-order valence-electron chi connectivity index (χ2n) is 6.44. The number of aromatic nitrogens is 3. The predicted octanol–water partition coefficient (Wildman–Crippen LogP) is 1.26. The van der Waals surface area contributed by atoms with Gasteiger partial charge in [-0.3, -0.25) is 5.10 Å². The number of H-pyrrole nitrogens is 1. The zero-order valence-corrected chi connectivity index (χ0v) is 12.3. The van der Waals surface area contributed by atoms with Crippen LogP contribution in [0.1, 0.15) is 44.3 Å². The van der Waals surface area contributed by atoms with E-state index in [9.17, 15) is 0 Å². The van der Waals surface area contributed by atoms with Gasteiger partial charge >= 0.3 is 0 Å². The highest BCUT2D eigenvalue weighted by Crippen LogP contribution is 2.31. The number of ether oxygens (including phenoxy) is 1. The van der Waals surface area contributed by atoms with Gasteiger partial charge in [-0.05, 0) is 37.6 Å². The van der Waals surface area contributed by atoms with E-state index in [4.69, 9.17) is 10.5 Å². The lowest BCUT2D eigenvalue weighted by Gasteiger charge is -2.38. The van der Waals surface area contributed by atoms with Crippen molar-refractivity contribution in [3.05, 3.63) is 5.82 Å². The Hall–Kier alpha value is -1.14. The summed E-state index contributed by atoms with van der Waals surface area (Å²) in [6.07, 6.45) is 4.47. The summed E-state index contributed by atoms with van der Waals surface area (Å²) in [5.41, 5.74) is 6.14. The maximum atomic E-state index is 5.85. The number of hydrogen-bond donors (Lipinski definition) is 2. The third kappa shape index (κ3) is 2.81. The molecule has 1 unspecified atom stereocenters. The lowest BCUT2D eigenvalue weighted by Crippen LogP contribution is -2.42. The van der Waals surface area contributed by atoms with Gasteiger partial charge in [-0.15, -0.1) is 5.10 Å². The molecule has 0 aromatic carbocycles. The van der Waals surface area contributed by atoms with Crippen molar-refractivity contribution in [3.8, 4) is 0 Å². The van der Waals surface area contributed by atoms with Gasteiger partial charge in [0, 0.05) is 25.6 Å². The molecule has 3 heterocycles. The molecule has 2 fully saturated rings. The third-order valence-electron chi connectivity index (χ3n) is 4.78. The zero-order valence-electron chi connectivity index (χ0n) is 12.3. The minimum Gasteiger partial charge on any atom is -0.381 e. The summed E-state index contributed by atoms with van der Waals surface area (Å²) in [6.45, 7) is 6.66. The number of nitrogens with one attached hydrogen (secondary N) is 1. The average molecular weight is 279 g/mol. The van der Waals surface area contributed by atoms with Gasteiger partial charge in [0.05, 0.1) is 6.61 Å². The fraction of sp³-hybridized carbons (Fsp3) is 0.857. The quantitative estimate of drug-likeness (QED) is 0.871. The van der Waals surface area contributed by atoms with Crippen molar-refractivity contribution in [2.45, 2.75) is 38.5 Å². The van der Waals surface area contributed by atoms with Crippen molar-refractivity contribution >= 4 is 5.95 Å². The fourth-order valence-corrected chi connectivity index (χ4v) is 3.00. The molecular formula is C14H25N5O. The molecule has 1 aromatic heterocycles. The smallest absolute Gasteiger partial charge is 0.244 e. The summed E-state index contributed by atoms with van der Waals surface area (Å²) in [4.78, 5) is 6.94. The maximum Gasteiger partial charge on any atom is 0.244 e. The predicted molar refractivity (Wildman–Crippen MR) is 77.8 cm³/mol. The Morgan fingerprint density at radius 1 is 1.45 bits per heavy atom. The Kier molecular flexibility index (Phi) is 3.94. The van der Waals surface area contributed by atoms with Crippen LogP contribution in [-0.2, 0) is 4.74 Å². The van der Waals surface area contributed by atoms with Crippen LogP contribution in [-0.4, -0.2) is 48.0 Å². The molecule has 2 aliphatic heterocycles. The minimum atomic E-state index is 0.285. The van der Waals surface area contributed by atoms with Gasteiger partial charge in [-0.2, -0.15) is 4.98 Å². The number of anilines is 1. The molecule has 6 nitrogen and oxygen atoms in total. The molecular weight excluding hydrogens is 254 g/mol. The molecule has 0 saturated carbocycles. The van der Waals surface area contributed by atoms with E-state index in [1.807, 2.05) is 0 Å². The van der Waals surface area contributed by atoms with Gasteiger partial charge in [0.25, 0.3) is 0 Å². The van der Waals surface area contributed by atoms with E-state index in [2.05, 4.69) is 27.0 Å². The molecule has 0 amide bonds. The van der Waals surface area contributed by atoms with Gasteiger partial charge in [-0.1, -0.05) is 6.92 Å². The Morgan fingerprint density at radius 3 is 2.90 bits per heavy atom.